The van der Waals surface area contributed by atoms with Crippen molar-refractivity contribution < 1.29 is 38.8 Å². The minimum absolute atomic E-state index is 0.0797. The Balaban J connectivity index is 1.80. The standard InChI is InChI=1S/C20H18O8/c1-13(21)28-18-5-3-2-4-15(18)20(25)27-11-10-26-19(24)9-7-14-6-8-16(22)17(23)12-14/h2-9,12,22-23H,10-11H2,1H3/b9-7+. The Morgan fingerprint density at radius 3 is 2.39 bits per heavy atom. The number of ether oxygens (including phenoxy) is 3. The quantitative estimate of drug-likeness (QED) is 0.245. The van der Waals surface area contributed by atoms with Crippen molar-refractivity contribution in [3.05, 3.63) is 59.7 Å². The Morgan fingerprint density at radius 2 is 1.68 bits per heavy atom. The summed E-state index contributed by atoms with van der Waals surface area (Å²) in [5, 5.41) is 18.6. The van der Waals surface area contributed by atoms with Crippen LogP contribution in [0.4, 0.5) is 0 Å². The van der Waals surface area contributed by atoms with Crippen LogP contribution in [0.2, 0.25) is 0 Å². The number of phenolic OH excluding ortho intramolecular Hbond substituents is 2. The van der Waals surface area contributed by atoms with Gasteiger partial charge in [-0.2, -0.15) is 0 Å². The third-order valence-electron chi connectivity index (χ3n) is 3.33. The van der Waals surface area contributed by atoms with Crippen molar-refractivity contribution >= 4 is 24.0 Å². The Bertz CT molecular complexity index is 901. The Labute approximate surface area is 160 Å². The highest BCUT2D eigenvalue weighted by Gasteiger charge is 2.15. The summed E-state index contributed by atoms with van der Waals surface area (Å²) in [5.74, 6) is -2.46. The average molecular weight is 386 g/mol. The number of aromatic hydroxyl groups is 2. The molecule has 0 atom stereocenters. The van der Waals surface area contributed by atoms with Crippen LogP contribution < -0.4 is 4.74 Å². The molecule has 2 aromatic carbocycles. The summed E-state index contributed by atoms with van der Waals surface area (Å²) in [4.78, 5) is 34.7. The third-order valence-corrected chi connectivity index (χ3v) is 3.33. The van der Waals surface area contributed by atoms with Crippen LogP contribution in [0.25, 0.3) is 6.08 Å². The van der Waals surface area contributed by atoms with Crippen LogP contribution >= 0.6 is 0 Å². The maximum absolute atomic E-state index is 12.0. The van der Waals surface area contributed by atoms with Crippen LogP contribution in [0.1, 0.15) is 22.8 Å². The molecule has 8 nitrogen and oxygen atoms in total. The second-order valence-corrected chi connectivity index (χ2v) is 5.47. The molecule has 0 spiro atoms. The van der Waals surface area contributed by atoms with Crippen molar-refractivity contribution in [3.8, 4) is 17.2 Å². The van der Waals surface area contributed by atoms with E-state index in [-0.39, 0.29) is 36.0 Å². The van der Waals surface area contributed by atoms with Crippen molar-refractivity contribution in [1.82, 2.24) is 0 Å². The number of rotatable bonds is 7. The molecule has 28 heavy (non-hydrogen) atoms. The van der Waals surface area contributed by atoms with E-state index in [0.717, 1.165) is 6.08 Å². The molecule has 8 heteroatoms. The van der Waals surface area contributed by atoms with E-state index in [4.69, 9.17) is 14.2 Å². The third kappa shape index (κ3) is 6.17. The first kappa shape index (κ1) is 20.5. The van der Waals surface area contributed by atoms with Gasteiger partial charge in [-0.3, -0.25) is 4.79 Å². The highest BCUT2D eigenvalue weighted by molar-refractivity contribution is 5.93. The van der Waals surface area contributed by atoms with E-state index >= 15 is 0 Å². The summed E-state index contributed by atoms with van der Waals surface area (Å²) in [6, 6.07) is 10.2. The van der Waals surface area contributed by atoms with Crippen molar-refractivity contribution in [1.29, 1.82) is 0 Å². The first-order valence-electron chi connectivity index (χ1n) is 8.18. The van der Waals surface area contributed by atoms with E-state index in [1.807, 2.05) is 0 Å². The number of carbonyl (C=O) groups excluding carboxylic acids is 3. The van der Waals surface area contributed by atoms with Crippen LogP contribution in [0.3, 0.4) is 0 Å². The van der Waals surface area contributed by atoms with E-state index in [1.165, 1.54) is 43.3 Å². The van der Waals surface area contributed by atoms with E-state index in [0.29, 0.717) is 5.56 Å². The number of hydrogen-bond donors (Lipinski definition) is 2. The van der Waals surface area contributed by atoms with E-state index in [9.17, 15) is 24.6 Å². The topological polar surface area (TPSA) is 119 Å². The summed E-state index contributed by atoms with van der Waals surface area (Å²) in [6.45, 7) is 0.854. The zero-order chi connectivity index (χ0) is 20.5. The summed E-state index contributed by atoms with van der Waals surface area (Å²) in [6.07, 6.45) is 2.52. The van der Waals surface area contributed by atoms with Gasteiger partial charge in [-0.15, -0.1) is 0 Å². The molecule has 0 unspecified atom stereocenters. The monoisotopic (exact) mass is 386 g/mol. The zero-order valence-corrected chi connectivity index (χ0v) is 15.0. The van der Waals surface area contributed by atoms with Crippen LogP contribution in [0, 0.1) is 0 Å². The lowest BCUT2D eigenvalue weighted by Gasteiger charge is -2.09. The Morgan fingerprint density at radius 1 is 0.964 bits per heavy atom. The lowest BCUT2D eigenvalue weighted by Crippen LogP contribution is -2.14. The molecule has 0 heterocycles. The Hall–Kier alpha value is -3.81. The molecule has 146 valence electrons. The van der Waals surface area contributed by atoms with Gasteiger partial charge in [-0.05, 0) is 35.9 Å². The number of para-hydroxylation sites is 1. The van der Waals surface area contributed by atoms with Crippen molar-refractivity contribution in [2.75, 3.05) is 13.2 Å². The van der Waals surface area contributed by atoms with Crippen molar-refractivity contribution in [3.63, 3.8) is 0 Å². The maximum Gasteiger partial charge on any atom is 0.342 e. The van der Waals surface area contributed by atoms with Crippen LogP contribution in [-0.4, -0.2) is 41.3 Å². The lowest BCUT2D eigenvalue weighted by molar-refractivity contribution is -0.138. The molecular formula is C20H18O8. The fourth-order valence-corrected chi connectivity index (χ4v) is 2.09. The van der Waals surface area contributed by atoms with Crippen molar-refractivity contribution in [2.24, 2.45) is 0 Å². The summed E-state index contributed by atoms with van der Waals surface area (Å²) in [7, 11) is 0. The first-order chi connectivity index (χ1) is 13.4. The molecule has 0 aliphatic rings. The van der Waals surface area contributed by atoms with Gasteiger partial charge in [0.25, 0.3) is 0 Å². The largest absolute Gasteiger partial charge is 0.504 e. The minimum atomic E-state index is -0.719. The van der Waals surface area contributed by atoms with Gasteiger partial charge in [0, 0.05) is 13.0 Å². The summed E-state index contributed by atoms with van der Waals surface area (Å²) < 4.78 is 14.8. The second kappa shape index (κ2) is 9.77. The number of carbonyl (C=O) groups is 3. The number of esters is 3. The molecule has 0 radical (unpaired) electrons. The molecule has 2 aromatic rings. The van der Waals surface area contributed by atoms with Crippen LogP contribution in [0.5, 0.6) is 17.2 Å². The van der Waals surface area contributed by atoms with Gasteiger partial charge in [0.1, 0.15) is 24.5 Å². The summed E-state index contributed by atoms with van der Waals surface area (Å²) in [5.41, 5.74) is 0.566. The van der Waals surface area contributed by atoms with Gasteiger partial charge >= 0.3 is 17.9 Å². The van der Waals surface area contributed by atoms with Gasteiger partial charge in [0.2, 0.25) is 0 Å². The predicted octanol–water partition coefficient (Wildman–Crippen LogP) is 2.44. The fraction of sp³-hybridized carbons (Fsp3) is 0.150. The molecule has 0 aliphatic carbocycles. The molecule has 0 aromatic heterocycles. The fourth-order valence-electron chi connectivity index (χ4n) is 2.09. The van der Waals surface area contributed by atoms with Gasteiger partial charge < -0.3 is 24.4 Å². The highest BCUT2D eigenvalue weighted by Crippen LogP contribution is 2.25. The van der Waals surface area contributed by atoms with Gasteiger partial charge in [-0.1, -0.05) is 18.2 Å². The number of benzene rings is 2. The van der Waals surface area contributed by atoms with E-state index in [1.54, 1.807) is 12.1 Å². The molecule has 0 bridgehead atoms. The predicted molar refractivity (Wildman–Crippen MR) is 97.8 cm³/mol. The van der Waals surface area contributed by atoms with Crippen LogP contribution in [0.15, 0.2) is 48.5 Å². The maximum atomic E-state index is 12.0. The molecule has 2 rings (SSSR count). The van der Waals surface area contributed by atoms with Crippen molar-refractivity contribution in [2.45, 2.75) is 6.92 Å². The smallest absolute Gasteiger partial charge is 0.342 e. The lowest BCUT2D eigenvalue weighted by atomic mass is 10.2. The van der Waals surface area contributed by atoms with Crippen LogP contribution in [-0.2, 0) is 19.1 Å². The molecule has 0 fully saturated rings. The van der Waals surface area contributed by atoms with Gasteiger partial charge in [0.15, 0.2) is 11.5 Å². The molecule has 0 saturated heterocycles. The number of phenols is 2. The molecule has 0 saturated carbocycles. The number of hydrogen-bond acceptors (Lipinski definition) is 8. The molecular weight excluding hydrogens is 368 g/mol. The average Bonchev–Trinajstić information content (AvgIpc) is 2.66. The molecule has 0 amide bonds. The summed E-state index contributed by atoms with van der Waals surface area (Å²) >= 11 is 0. The van der Waals surface area contributed by atoms with Gasteiger partial charge in [-0.25, -0.2) is 9.59 Å². The molecule has 0 aliphatic heterocycles. The molecule has 2 N–H and O–H groups in total. The Kier molecular flexibility index (Phi) is 7.15. The highest BCUT2D eigenvalue weighted by atomic mass is 16.6. The SMILES string of the molecule is CC(=O)Oc1ccccc1C(=O)OCCOC(=O)/C=C/c1ccc(O)c(O)c1. The zero-order valence-electron chi connectivity index (χ0n) is 15.0. The van der Waals surface area contributed by atoms with E-state index in [2.05, 4.69) is 0 Å². The van der Waals surface area contributed by atoms with E-state index < -0.39 is 17.9 Å². The normalized spacial score (nSPS) is 10.5. The van der Waals surface area contributed by atoms with Gasteiger partial charge in [0.05, 0.1) is 0 Å². The first-order valence-corrected chi connectivity index (χ1v) is 8.18. The minimum Gasteiger partial charge on any atom is -0.504 e. The second-order valence-electron chi connectivity index (χ2n) is 5.47.